The Hall–Kier alpha value is -2.64. The minimum atomic E-state index is -0.544. The summed E-state index contributed by atoms with van der Waals surface area (Å²) in [4.78, 5) is 28.7. The number of benzene rings is 2. The third-order valence-corrected chi connectivity index (χ3v) is 6.31. The van der Waals surface area contributed by atoms with Crippen molar-refractivity contribution in [2.45, 2.75) is 32.7 Å². The lowest BCUT2D eigenvalue weighted by Gasteiger charge is -2.25. The first-order valence-corrected chi connectivity index (χ1v) is 12.0. The molecule has 1 atom stereocenters. The molecule has 3 aromatic rings. The van der Waals surface area contributed by atoms with Crippen LogP contribution < -0.4 is 10.2 Å². The Bertz CT molecular complexity index is 1220. The number of hydrogen-bond acceptors (Lipinski definition) is 5. The van der Waals surface area contributed by atoms with E-state index in [2.05, 4.69) is 29.8 Å². The number of carbonyl (C=O) groups excluding carboxylic acids is 1. The molecule has 1 aliphatic rings. The first-order chi connectivity index (χ1) is 15.9. The standard InChI is InChI=1S/C26H28BrNO5/c1-16(2)10-13-32-19-7-4-6-17(14-19)23-22-24(29)20-15-18(27)8-9-21(20)33-25(22)26(30)28(23)11-5-12-31-3/h4,6-9,14-16,23H,5,10-13H2,1-3H3/t23-/m1/s1. The fourth-order valence-electron chi connectivity index (χ4n) is 4.14. The van der Waals surface area contributed by atoms with E-state index in [0.29, 0.717) is 48.6 Å². The van der Waals surface area contributed by atoms with Crippen LogP contribution in [-0.2, 0) is 4.74 Å². The summed E-state index contributed by atoms with van der Waals surface area (Å²) in [5.74, 6) is 1.10. The Labute approximate surface area is 201 Å². The molecule has 0 saturated carbocycles. The third kappa shape index (κ3) is 4.84. The summed E-state index contributed by atoms with van der Waals surface area (Å²) >= 11 is 3.43. The van der Waals surface area contributed by atoms with Crippen LogP contribution in [0.2, 0.25) is 0 Å². The Kier molecular flexibility index (Phi) is 7.20. The van der Waals surface area contributed by atoms with Crippen LogP contribution in [0.15, 0.2) is 56.1 Å². The molecule has 1 amide bonds. The van der Waals surface area contributed by atoms with Crippen molar-refractivity contribution in [3.05, 3.63) is 74.0 Å². The molecular formula is C26H28BrNO5. The van der Waals surface area contributed by atoms with Gasteiger partial charge < -0.3 is 18.8 Å². The number of fused-ring (bicyclic) bond motifs is 2. The maximum Gasteiger partial charge on any atom is 0.290 e. The van der Waals surface area contributed by atoms with Gasteiger partial charge in [0.25, 0.3) is 5.91 Å². The van der Waals surface area contributed by atoms with E-state index in [1.54, 1.807) is 30.2 Å². The highest BCUT2D eigenvalue weighted by molar-refractivity contribution is 9.10. The van der Waals surface area contributed by atoms with Gasteiger partial charge in [0.05, 0.1) is 23.6 Å². The van der Waals surface area contributed by atoms with Crippen LogP contribution >= 0.6 is 15.9 Å². The molecule has 0 unspecified atom stereocenters. The molecule has 0 N–H and O–H groups in total. The number of halogens is 1. The number of hydrogen-bond donors (Lipinski definition) is 0. The smallest absolute Gasteiger partial charge is 0.290 e. The highest BCUT2D eigenvalue weighted by atomic mass is 79.9. The summed E-state index contributed by atoms with van der Waals surface area (Å²) in [7, 11) is 1.63. The molecule has 4 rings (SSSR count). The molecule has 0 fully saturated rings. The lowest BCUT2D eigenvalue weighted by Crippen LogP contribution is -2.31. The number of methoxy groups -OCH3 is 1. The molecule has 0 aliphatic carbocycles. The van der Waals surface area contributed by atoms with Gasteiger partial charge in [-0.05, 0) is 54.7 Å². The molecule has 6 nitrogen and oxygen atoms in total. The van der Waals surface area contributed by atoms with Gasteiger partial charge in [-0.3, -0.25) is 9.59 Å². The van der Waals surface area contributed by atoms with E-state index in [0.717, 1.165) is 22.2 Å². The molecule has 33 heavy (non-hydrogen) atoms. The Balaban J connectivity index is 1.79. The molecule has 1 aromatic heterocycles. The lowest BCUT2D eigenvalue weighted by atomic mass is 9.98. The van der Waals surface area contributed by atoms with E-state index in [1.807, 2.05) is 24.3 Å². The topological polar surface area (TPSA) is 69.0 Å². The van der Waals surface area contributed by atoms with Gasteiger partial charge in [0, 0.05) is 24.7 Å². The van der Waals surface area contributed by atoms with Crippen molar-refractivity contribution in [1.82, 2.24) is 4.90 Å². The summed E-state index contributed by atoms with van der Waals surface area (Å²) < 4.78 is 17.9. The van der Waals surface area contributed by atoms with Crippen molar-refractivity contribution in [3.8, 4) is 5.75 Å². The van der Waals surface area contributed by atoms with Gasteiger partial charge in [-0.1, -0.05) is 41.9 Å². The second-order valence-corrected chi connectivity index (χ2v) is 9.58. The maximum absolute atomic E-state index is 13.6. The number of rotatable bonds is 9. The van der Waals surface area contributed by atoms with Crippen molar-refractivity contribution in [2.24, 2.45) is 5.92 Å². The fraction of sp³-hybridized carbons (Fsp3) is 0.385. The molecule has 0 saturated heterocycles. The van der Waals surface area contributed by atoms with Gasteiger partial charge in [0.15, 0.2) is 5.43 Å². The SMILES string of the molecule is COCCCN1C(=O)c2oc3ccc(Br)cc3c(=O)c2[C@H]1c1cccc(OCCC(C)C)c1. The van der Waals surface area contributed by atoms with E-state index in [1.165, 1.54) is 0 Å². The van der Waals surface area contributed by atoms with Gasteiger partial charge in [-0.15, -0.1) is 0 Å². The van der Waals surface area contributed by atoms with Crippen LogP contribution in [0.5, 0.6) is 5.75 Å². The molecule has 2 aromatic carbocycles. The maximum atomic E-state index is 13.6. The van der Waals surface area contributed by atoms with Crippen LogP contribution in [0.4, 0.5) is 0 Å². The number of carbonyl (C=O) groups is 1. The van der Waals surface area contributed by atoms with Crippen molar-refractivity contribution < 1.29 is 18.7 Å². The summed E-state index contributed by atoms with van der Waals surface area (Å²) in [5, 5.41) is 0.448. The largest absolute Gasteiger partial charge is 0.494 e. The molecular weight excluding hydrogens is 486 g/mol. The van der Waals surface area contributed by atoms with E-state index in [4.69, 9.17) is 13.9 Å². The minimum absolute atomic E-state index is 0.114. The number of amides is 1. The first-order valence-electron chi connectivity index (χ1n) is 11.2. The monoisotopic (exact) mass is 513 g/mol. The summed E-state index contributed by atoms with van der Waals surface area (Å²) in [6.07, 6.45) is 1.60. The molecule has 0 spiro atoms. The van der Waals surface area contributed by atoms with Gasteiger partial charge in [0.2, 0.25) is 5.76 Å². The van der Waals surface area contributed by atoms with Gasteiger partial charge in [-0.2, -0.15) is 0 Å². The minimum Gasteiger partial charge on any atom is -0.494 e. The zero-order valence-corrected chi connectivity index (χ0v) is 20.7. The molecule has 2 heterocycles. The van der Waals surface area contributed by atoms with E-state index < -0.39 is 6.04 Å². The highest BCUT2D eigenvalue weighted by Gasteiger charge is 2.42. The summed E-state index contributed by atoms with van der Waals surface area (Å²) in [5.41, 5.74) is 1.41. The van der Waals surface area contributed by atoms with Crippen LogP contribution in [0.25, 0.3) is 11.0 Å². The van der Waals surface area contributed by atoms with Crippen LogP contribution in [0.3, 0.4) is 0 Å². The van der Waals surface area contributed by atoms with E-state index >= 15 is 0 Å². The molecule has 0 radical (unpaired) electrons. The van der Waals surface area contributed by atoms with Gasteiger partial charge >= 0.3 is 0 Å². The Morgan fingerprint density at radius 3 is 2.70 bits per heavy atom. The van der Waals surface area contributed by atoms with E-state index in [9.17, 15) is 9.59 Å². The average Bonchev–Trinajstić information content (AvgIpc) is 3.06. The normalized spacial score (nSPS) is 15.5. The highest BCUT2D eigenvalue weighted by Crippen LogP contribution is 2.39. The van der Waals surface area contributed by atoms with Crippen molar-refractivity contribution in [3.63, 3.8) is 0 Å². The predicted octanol–water partition coefficient (Wildman–Crippen LogP) is 5.56. The van der Waals surface area contributed by atoms with Crippen LogP contribution in [0.1, 0.15) is 54.4 Å². The van der Waals surface area contributed by atoms with E-state index in [-0.39, 0.29) is 17.1 Å². The van der Waals surface area contributed by atoms with Crippen molar-refractivity contribution >= 4 is 32.8 Å². The molecule has 1 aliphatic heterocycles. The second kappa shape index (κ2) is 10.1. The third-order valence-electron chi connectivity index (χ3n) is 5.81. The first kappa shape index (κ1) is 23.5. The Morgan fingerprint density at radius 2 is 1.94 bits per heavy atom. The number of nitrogens with zero attached hydrogens (tertiary/aromatic N) is 1. The second-order valence-electron chi connectivity index (χ2n) is 8.67. The fourth-order valence-corrected chi connectivity index (χ4v) is 4.50. The Morgan fingerprint density at radius 1 is 1.12 bits per heavy atom. The van der Waals surface area contributed by atoms with Gasteiger partial charge in [0.1, 0.15) is 11.3 Å². The van der Waals surface area contributed by atoms with Crippen LogP contribution in [0, 0.1) is 5.92 Å². The summed E-state index contributed by atoms with van der Waals surface area (Å²) in [6, 6.07) is 12.3. The molecule has 0 bridgehead atoms. The summed E-state index contributed by atoms with van der Waals surface area (Å²) in [6.45, 7) is 5.88. The number of ether oxygens (including phenoxy) is 2. The molecule has 7 heteroatoms. The van der Waals surface area contributed by atoms with Gasteiger partial charge in [-0.25, -0.2) is 0 Å². The lowest BCUT2D eigenvalue weighted by molar-refractivity contribution is 0.0707. The molecule has 174 valence electrons. The average molecular weight is 514 g/mol. The van der Waals surface area contributed by atoms with Crippen molar-refractivity contribution in [2.75, 3.05) is 26.9 Å². The quantitative estimate of drug-likeness (QED) is 0.350. The van der Waals surface area contributed by atoms with Crippen molar-refractivity contribution in [1.29, 1.82) is 0 Å². The van der Waals surface area contributed by atoms with Crippen LogP contribution in [-0.4, -0.2) is 37.7 Å². The zero-order valence-electron chi connectivity index (χ0n) is 19.1. The predicted molar refractivity (Wildman–Crippen MR) is 131 cm³/mol. The zero-order chi connectivity index (χ0) is 23.5.